The molecule has 0 aliphatic carbocycles. The number of aromatic nitrogens is 4. The van der Waals surface area contributed by atoms with E-state index in [1.807, 2.05) is 41.0 Å². The molecule has 4 aromatic rings. The van der Waals surface area contributed by atoms with Gasteiger partial charge in [-0.15, -0.1) is 0 Å². The summed E-state index contributed by atoms with van der Waals surface area (Å²) >= 11 is 12.2. The maximum atomic E-state index is 13.6. The van der Waals surface area contributed by atoms with Gasteiger partial charge >= 0.3 is 0 Å². The van der Waals surface area contributed by atoms with Crippen molar-refractivity contribution in [2.24, 2.45) is 12.8 Å². The smallest absolute Gasteiger partial charge is 0.281 e. The molecule has 1 fully saturated rings. The van der Waals surface area contributed by atoms with Crippen molar-refractivity contribution < 1.29 is 0 Å². The number of fused-ring (bicyclic) bond motifs is 1. The van der Waals surface area contributed by atoms with Crippen LogP contribution in [0, 0.1) is 0 Å². The van der Waals surface area contributed by atoms with Crippen LogP contribution < -0.4 is 21.5 Å². The average Bonchev–Trinajstić information content (AvgIpc) is 3.21. The molecule has 8 nitrogen and oxygen atoms in total. The van der Waals surface area contributed by atoms with Crippen molar-refractivity contribution in [3.05, 3.63) is 80.1 Å². The van der Waals surface area contributed by atoms with Crippen LogP contribution in [-0.2, 0) is 20.1 Å². The summed E-state index contributed by atoms with van der Waals surface area (Å²) in [6.45, 7) is 2.49. The van der Waals surface area contributed by atoms with E-state index in [4.69, 9.17) is 38.9 Å². The molecule has 0 bridgehead atoms. The highest BCUT2D eigenvalue weighted by molar-refractivity contribution is 6.42. The molecule has 10 heteroatoms. The Morgan fingerprint density at radius 1 is 1.09 bits per heavy atom. The van der Waals surface area contributed by atoms with Gasteiger partial charge in [0.05, 0.1) is 16.6 Å². The zero-order valence-corrected chi connectivity index (χ0v) is 20.9. The largest absolute Gasteiger partial charge is 0.351 e. The number of anilines is 2. The second-order valence-electron chi connectivity index (χ2n) is 8.91. The molecule has 35 heavy (non-hydrogen) atoms. The third kappa shape index (κ3) is 4.87. The van der Waals surface area contributed by atoms with Gasteiger partial charge < -0.3 is 16.0 Å². The van der Waals surface area contributed by atoms with Crippen LogP contribution in [0.25, 0.3) is 11.2 Å². The number of imidazole rings is 1. The molecule has 0 saturated carbocycles. The third-order valence-electron chi connectivity index (χ3n) is 6.32. The van der Waals surface area contributed by atoms with Crippen molar-refractivity contribution in [1.29, 1.82) is 0 Å². The van der Waals surface area contributed by atoms with Gasteiger partial charge in [-0.25, -0.2) is 0 Å². The standard InChI is InChI=1S/C25H27Cl2N7O/c1-32-23(35)21-22(30-24(32)29-13-17-9-10-19(26)20(27)12-17)31-25(33-11-5-8-18(28)15-33)34(21)14-16-6-3-2-4-7-16/h2-4,6-7,9-10,12,18H,5,8,11,13-15,28H2,1H3,(H,29,30). The van der Waals surface area contributed by atoms with Crippen LogP contribution in [0.5, 0.6) is 0 Å². The van der Waals surface area contributed by atoms with E-state index in [1.165, 1.54) is 4.57 Å². The van der Waals surface area contributed by atoms with E-state index in [0.29, 0.717) is 46.8 Å². The highest BCUT2D eigenvalue weighted by atomic mass is 35.5. The fraction of sp³-hybridized carbons (Fsp3) is 0.320. The highest BCUT2D eigenvalue weighted by Crippen LogP contribution is 2.26. The maximum absolute atomic E-state index is 13.6. The van der Waals surface area contributed by atoms with Crippen LogP contribution in [0.4, 0.5) is 11.9 Å². The van der Waals surface area contributed by atoms with Crippen molar-refractivity contribution in [2.45, 2.75) is 32.0 Å². The van der Waals surface area contributed by atoms with Crippen LogP contribution >= 0.6 is 23.2 Å². The predicted octanol–water partition coefficient (Wildman–Crippen LogP) is 4.02. The summed E-state index contributed by atoms with van der Waals surface area (Å²) in [5.74, 6) is 1.16. The molecule has 1 aliphatic rings. The molecule has 182 valence electrons. The molecule has 2 aromatic carbocycles. The molecule has 1 saturated heterocycles. The topological polar surface area (TPSA) is 94.0 Å². The van der Waals surface area contributed by atoms with E-state index < -0.39 is 0 Å². The molecule has 1 aliphatic heterocycles. The van der Waals surface area contributed by atoms with Gasteiger partial charge in [0.1, 0.15) is 0 Å². The minimum Gasteiger partial charge on any atom is -0.351 e. The molecule has 1 unspecified atom stereocenters. The number of hydrogen-bond acceptors (Lipinski definition) is 6. The number of piperidine rings is 1. The minimum absolute atomic E-state index is 0.0768. The normalized spacial score (nSPS) is 16.1. The SMILES string of the molecule is Cn1c(NCc2ccc(Cl)c(Cl)c2)nc2nc(N3CCCC(N)C3)n(Cc3ccccc3)c2c1=O. The average molecular weight is 512 g/mol. The van der Waals surface area contributed by atoms with E-state index in [9.17, 15) is 4.79 Å². The quantitative estimate of drug-likeness (QED) is 0.405. The Hall–Kier alpha value is -3.07. The molecule has 1 atom stereocenters. The number of nitrogens with zero attached hydrogens (tertiary/aromatic N) is 5. The first-order valence-electron chi connectivity index (χ1n) is 11.6. The lowest BCUT2D eigenvalue weighted by Crippen LogP contribution is -2.44. The molecule has 3 heterocycles. The Labute approximate surface area is 213 Å². The van der Waals surface area contributed by atoms with E-state index in [1.54, 1.807) is 19.2 Å². The number of nitrogens with one attached hydrogen (secondary N) is 1. The van der Waals surface area contributed by atoms with Crippen molar-refractivity contribution >= 4 is 46.3 Å². The first-order chi connectivity index (χ1) is 16.9. The number of hydrogen-bond donors (Lipinski definition) is 2. The van der Waals surface area contributed by atoms with Crippen LogP contribution in [0.2, 0.25) is 10.0 Å². The van der Waals surface area contributed by atoms with Gasteiger partial charge in [0.25, 0.3) is 5.56 Å². The summed E-state index contributed by atoms with van der Waals surface area (Å²) in [5, 5.41) is 4.22. The minimum atomic E-state index is -0.164. The molecular weight excluding hydrogens is 485 g/mol. The number of halogens is 2. The second-order valence-corrected chi connectivity index (χ2v) is 9.72. The van der Waals surface area contributed by atoms with Gasteiger partial charge in [0.2, 0.25) is 11.9 Å². The Balaban J connectivity index is 1.55. The Morgan fingerprint density at radius 3 is 2.63 bits per heavy atom. The van der Waals surface area contributed by atoms with Crippen molar-refractivity contribution in [2.75, 3.05) is 23.3 Å². The molecule has 0 radical (unpaired) electrons. The Bertz CT molecular complexity index is 1420. The van der Waals surface area contributed by atoms with Crippen LogP contribution in [0.15, 0.2) is 53.3 Å². The lowest BCUT2D eigenvalue weighted by Gasteiger charge is -2.31. The molecule has 2 aromatic heterocycles. The van der Waals surface area contributed by atoms with Gasteiger partial charge in [0, 0.05) is 32.7 Å². The van der Waals surface area contributed by atoms with Crippen molar-refractivity contribution in [3.8, 4) is 0 Å². The van der Waals surface area contributed by atoms with Gasteiger partial charge in [-0.2, -0.15) is 9.97 Å². The number of benzene rings is 2. The summed E-state index contributed by atoms with van der Waals surface area (Å²) in [7, 11) is 1.71. The maximum Gasteiger partial charge on any atom is 0.281 e. The second kappa shape index (κ2) is 9.89. The highest BCUT2D eigenvalue weighted by Gasteiger charge is 2.25. The fourth-order valence-electron chi connectivity index (χ4n) is 4.49. The number of nitrogens with two attached hydrogens (primary N) is 1. The summed E-state index contributed by atoms with van der Waals surface area (Å²) < 4.78 is 3.50. The summed E-state index contributed by atoms with van der Waals surface area (Å²) in [6.07, 6.45) is 1.97. The molecule has 3 N–H and O–H groups in total. The van der Waals surface area contributed by atoms with Gasteiger partial charge in [-0.3, -0.25) is 13.9 Å². The fourth-order valence-corrected chi connectivity index (χ4v) is 4.81. The van der Waals surface area contributed by atoms with Crippen LogP contribution in [-0.4, -0.2) is 38.2 Å². The Morgan fingerprint density at radius 2 is 1.89 bits per heavy atom. The monoisotopic (exact) mass is 511 g/mol. The molecular formula is C25H27Cl2N7O. The van der Waals surface area contributed by atoms with Gasteiger partial charge in [-0.1, -0.05) is 59.6 Å². The van der Waals surface area contributed by atoms with Crippen LogP contribution in [0.1, 0.15) is 24.0 Å². The van der Waals surface area contributed by atoms with E-state index in [-0.39, 0.29) is 11.6 Å². The Kier molecular flexibility index (Phi) is 6.69. The van der Waals surface area contributed by atoms with Crippen LogP contribution in [0.3, 0.4) is 0 Å². The molecule has 0 amide bonds. The van der Waals surface area contributed by atoms with Crippen molar-refractivity contribution in [1.82, 2.24) is 19.1 Å². The first kappa shape index (κ1) is 23.7. The predicted molar refractivity (Wildman–Crippen MR) is 142 cm³/mol. The lowest BCUT2D eigenvalue weighted by atomic mass is 10.1. The molecule has 5 rings (SSSR count). The number of rotatable bonds is 6. The zero-order chi connectivity index (χ0) is 24.5. The zero-order valence-electron chi connectivity index (χ0n) is 19.4. The van der Waals surface area contributed by atoms with Gasteiger partial charge in [0.15, 0.2) is 11.2 Å². The van der Waals surface area contributed by atoms with E-state index in [0.717, 1.165) is 36.5 Å². The summed E-state index contributed by atoms with van der Waals surface area (Å²) in [4.78, 5) is 25.3. The van der Waals surface area contributed by atoms with Crippen molar-refractivity contribution in [3.63, 3.8) is 0 Å². The van der Waals surface area contributed by atoms with Gasteiger partial charge in [-0.05, 0) is 36.1 Å². The van der Waals surface area contributed by atoms with E-state index in [2.05, 4.69) is 10.2 Å². The molecule has 0 spiro atoms. The first-order valence-corrected chi connectivity index (χ1v) is 12.4. The summed E-state index contributed by atoms with van der Waals surface area (Å²) in [5.41, 5.74) is 8.99. The van der Waals surface area contributed by atoms with E-state index >= 15 is 0 Å². The summed E-state index contributed by atoms with van der Waals surface area (Å²) in [6, 6.07) is 15.5. The lowest BCUT2D eigenvalue weighted by molar-refractivity contribution is 0.495. The third-order valence-corrected chi connectivity index (χ3v) is 7.06.